The highest BCUT2D eigenvalue weighted by molar-refractivity contribution is 5.81. The lowest BCUT2D eigenvalue weighted by molar-refractivity contribution is -0.143. The van der Waals surface area contributed by atoms with Crippen molar-refractivity contribution in [3.8, 4) is 5.88 Å². The average Bonchev–Trinajstić information content (AvgIpc) is 2.66. The number of rotatable bonds is 4. The van der Waals surface area contributed by atoms with Gasteiger partial charge >= 0.3 is 5.97 Å². The third-order valence-corrected chi connectivity index (χ3v) is 2.31. The summed E-state index contributed by atoms with van der Waals surface area (Å²) in [5.74, 6) is 0.0761. The molecule has 0 aliphatic heterocycles. The maximum Gasteiger partial charge on any atom is 0.326 e. The molecule has 8 nitrogen and oxygen atoms in total. The van der Waals surface area contributed by atoms with Crippen LogP contribution in [0.2, 0.25) is 0 Å². The first kappa shape index (κ1) is 12.1. The molecule has 8 heteroatoms. The Kier molecular flexibility index (Phi) is 3.26. The van der Waals surface area contributed by atoms with Crippen molar-refractivity contribution in [1.82, 2.24) is 19.5 Å². The van der Waals surface area contributed by atoms with E-state index in [1.807, 2.05) is 0 Å². The van der Waals surface area contributed by atoms with Gasteiger partial charge in [-0.05, 0) is 6.92 Å². The number of carbonyl (C=O) groups excluding carboxylic acids is 1. The molecule has 0 aromatic carbocycles. The summed E-state index contributed by atoms with van der Waals surface area (Å²) in [6, 6.07) is 0. The number of imidazole rings is 1. The molecule has 2 heterocycles. The van der Waals surface area contributed by atoms with E-state index in [2.05, 4.69) is 15.0 Å². The summed E-state index contributed by atoms with van der Waals surface area (Å²) in [6.07, 6.45) is 1.32. The molecular formula is C10H13N5O3. The van der Waals surface area contributed by atoms with Gasteiger partial charge in [0.15, 0.2) is 11.2 Å². The van der Waals surface area contributed by atoms with E-state index in [4.69, 9.17) is 15.2 Å². The van der Waals surface area contributed by atoms with Crippen LogP contribution in [0.15, 0.2) is 6.33 Å². The largest absolute Gasteiger partial charge is 0.479 e. The first-order valence-electron chi connectivity index (χ1n) is 5.33. The molecule has 0 saturated heterocycles. The van der Waals surface area contributed by atoms with Crippen LogP contribution in [0.3, 0.4) is 0 Å². The molecule has 2 N–H and O–H groups in total. The van der Waals surface area contributed by atoms with Crippen LogP contribution < -0.4 is 10.5 Å². The van der Waals surface area contributed by atoms with Crippen LogP contribution in [0, 0.1) is 0 Å². The number of aromatic nitrogens is 4. The van der Waals surface area contributed by atoms with Crippen LogP contribution in [-0.2, 0) is 16.1 Å². The first-order chi connectivity index (χ1) is 8.67. The maximum absolute atomic E-state index is 11.5. The predicted molar refractivity (Wildman–Crippen MR) is 62.9 cm³/mol. The van der Waals surface area contributed by atoms with Gasteiger partial charge in [0.1, 0.15) is 12.9 Å². The lowest BCUT2D eigenvalue weighted by atomic mass is 10.5. The van der Waals surface area contributed by atoms with Crippen LogP contribution >= 0.6 is 0 Å². The number of hydrogen-bond donors (Lipinski definition) is 1. The van der Waals surface area contributed by atoms with Crippen LogP contribution in [-0.4, -0.2) is 39.2 Å². The molecule has 96 valence electrons. The van der Waals surface area contributed by atoms with E-state index >= 15 is 0 Å². The van der Waals surface area contributed by atoms with Crippen LogP contribution in [0.1, 0.15) is 6.92 Å². The van der Waals surface area contributed by atoms with Crippen molar-refractivity contribution < 1.29 is 14.3 Å². The lowest BCUT2D eigenvalue weighted by Gasteiger charge is -2.05. The summed E-state index contributed by atoms with van der Waals surface area (Å²) in [6.45, 7) is 2.00. The second-order valence-corrected chi connectivity index (χ2v) is 3.42. The Morgan fingerprint density at radius 2 is 2.28 bits per heavy atom. The number of carbonyl (C=O) groups is 1. The Morgan fingerprint density at radius 3 is 2.94 bits per heavy atom. The molecule has 0 saturated carbocycles. The fraction of sp³-hybridized carbons (Fsp3) is 0.400. The highest BCUT2D eigenvalue weighted by atomic mass is 16.5. The standard InChI is InChI=1S/C10H13N5O3/c1-3-18-6(16)4-15-8-7(14-10(15)11)9(17-2)13-5-12-8/h5H,3-4H2,1-2H3,(H2,11,14). The Bertz CT molecular complexity index is 580. The van der Waals surface area contributed by atoms with Gasteiger partial charge in [-0.3, -0.25) is 9.36 Å². The summed E-state index contributed by atoms with van der Waals surface area (Å²) < 4.78 is 11.4. The zero-order chi connectivity index (χ0) is 13.1. The zero-order valence-electron chi connectivity index (χ0n) is 10.1. The van der Waals surface area contributed by atoms with Crippen LogP contribution in [0.25, 0.3) is 11.2 Å². The fourth-order valence-corrected chi connectivity index (χ4v) is 1.57. The van der Waals surface area contributed by atoms with Gasteiger partial charge in [-0.25, -0.2) is 9.97 Å². The van der Waals surface area contributed by atoms with Gasteiger partial charge in [-0.2, -0.15) is 4.98 Å². The fourth-order valence-electron chi connectivity index (χ4n) is 1.57. The molecule has 2 rings (SSSR count). The molecule has 0 atom stereocenters. The number of hydrogen-bond acceptors (Lipinski definition) is 7. The van der Waals surface area contributed by atoms with Crippen molar-refractivity contribution in [2.45, 2.75) is 13.5 Å². The van der Waals surface area contributed by atoms with Gasteiger partial charge in [-0.15, -0.1) is 0 Å². The van der Waals surface area contributed by atoms with Gasteiger partial charge in [0.2, 0.25) is 11.8 Å². The Morgan fingerprint density at radius 1 is 1.50 bits per heavy atom. The normalized spacial score (nSPS) is 10.6. The predicted octanol–water partition coefficient (Wildman–Crippen LogP) is -0.0198. The topological polar surface area (TPSA) is 105 Å². The summed E-state index contributed by atoms with van der Waals surface area (Å²) in [5, 5.41) is 0. The number of nitrogen functional groups attached to an aromatic ring is 1. The third kappa shape index (κ3) is 2.04. The van der Waals surface area contributed by atoms with Gasteiger partial charge in [-0.1, -0.05) is 0 Å². The molecule has 0 amide bonds. The molecule has 0 fully saturated rings. The van der Waals surface area contributed by atoms with Crippen LogP contribution in [0.5, 0.6) is 5.88 Å². The van der Waals surface area contributed by atoms with Crippen molar-refractivity contribution in [3.63, 3.8) is 0 Å². The van der Waals surface area contributed by atoms with Crippen molar-refractivity contribution in [2.24, 2.45) is 0 Å². The van der Waals surface area contributed by atoms with E-state index in [0.717, 1.165) is 0 Å². The van der Waals surface area contributed by atoms with Gasteiger partial charge in [0.05, 0.1) is 13.7 Å². The molecule has 18 heavy (non-hydrogen) atoms. The van der Waals surface area contributed by atoms with Gasteiger partial charge in [0.25, 0.3) is 0 Å². The number of nitrogens with zero attached hydrogens (tertiary/aromatic N) is 4. The quantitative estimate of drug-likeness (QED) is 0.761. The molecule has 0 unspecified atom stereocenters. The third-order valence-electron chi connectivity index (χ3n) is 2.31. The molecule has 0 bridgehead atoms. The molecule has 2 aromatic rings. The van der Waals surface area contributed by atoms with E-state index in [0.29, 0.717) is 23.7 Å². The Hall–Kier alpha value is -2.38. The van der Waals surface area contributed by atoms with Crippen molar-refractivity contribution in [3.05, 3.63) is 6.33 Å². The highest BCUT2D eigenvalue weighted by Crippen LogP contribution is 2.22. The van der Waals surface area contributed by atoms with Crippen molar-refractivity contribution >= 4 is 23.1 Å². The monoisotopic (exact) mass is 251 g/mol. The number of methoxy groups -OCH3 is 1. The average molecular weight is 251 g/mol. The number of nitrogens with two attached hydrogens (primary N) is 1. The summed E-state index contributed by atoms with van der Waals surface area (Å²) >= 11 is 0. The summed E-state index contributed by atoms with van der Waals surface area (Å²) in [5.41, 5.74) is 6.60. The zero-order valence-corrected chi connectivity index (χ0v) is 10.1. The smallest absolute Gasteiger partial charge is 0.326 e. The molecule has 2 aromatic heterocycles. The van der Waals surface area contributed by atoms with E-state index < -0.39 is 5.97 Å². The van der Waals surface area contributed by atoms with E-state index in [-0.39, 0.29) is 12.5 Å². The molecule has 0 aliphatic carbocycles. The van der Waals surface area contributed by atoms with Crippen molar-refractivity contribution in [2.75, 3.05) is 19.5 Å². The molecular weight excluding hydrogens is 238 g/mol. The number of ether oxygens (including phenoxy) is 2. The molecule has 0 aliphatic rings. The minimum atomic E-state index is -0.402. The second kappa shape index (κ2) is 4.86. The first-order valence-corrected chi connectivity index (χ1v) is 5.33. The minimum absolute atomic E-state index is 0.0453. The Balaban J connectivity index is 2.44. The number of esters is 1. The van der Waals surface area contributed by atoms with Gasteiger partial charge in [0, 0.05) is 0 Å². The minimum Gasteiger partial charge on any atom is -0.479 e. The second-order valence-electron chi connectivity index (χ2n) is 3.42. The van der Waals surface area contributed by atoms with Crippen molar-refractivity contribution in [1.29, 1.82) is 0 Å². The molecule has 0 spiro atoms. The summed E-state index contributed by atoms with van der Waals surface area (Å²) in [4.78, 5) is 23.5. The van der Waals surface area contributed by atoms with E-state index in [1.54, 1.807) is 6.92 Å². The number of fused-ring (bicyclic) bond motifs is 1. The van der Waals surface area contributed by atoms with E-state index in [9.17, 15) is 4.79 Å². The van der Waals surface area contributed by atoms with E-state index in [1.165, 1.54) is 18.0 Å². The SMILES string of the molecule is CCOC(=O)Cn1c(N)nc2c(OC)ncnc21. The van der Waals surface area contributed by atoms with Gasteiger partial charge < -0.3 is 15.2 Å². The molecule has 0 radical (unpaired) electrons. The number of anilines is 1. The summed E-state index contributed by atoms with van der Waals surface area (Å²) in [7, 11) is 1.47. The maximum atomic E-state index is 11.5. The lowest BCUT2D eigenvalue weighted by Crippen LogP contribution is -2.15. The Labute approximate surface area is 103 Å². The van der Waals surface area contributed by atoms with Crippen LogP contribution in [0.4, 0.5) is 5.95 Å². The highest BCUT2D eigenvalue weighted by Gasteiger charge is 2.16.